The third-order valence-electron chi connectivity index (χ3n) is 2.07. The number of amides is 1. The number of hydrogen-bond donors (Lipinski definition) is 1. The summed E-state index contributed by atoms with van der Waals surface area (Å²) in [4.78, 5) is 11.2. The van der Waals surface area contributed by atoms with Crippen molar-refractivity contribution in [2.45, 2.75) is 25.4 Å². The van der Waals surface area contributed by atoms with Crippen molar-refractivity contribution in [3.63, 3.8) is 0 Å². The Labute approximate surface area is 78.6 Å². The lowest BCUT2D eigenvalue weighted by atomic mass is 10.2. The van der Waals surface area contributed by atoms with Gasteiger partial charge in [-0.25, -0.2) is 0 Å². The second kappa shape index (κ2) is 5.94. The SMILES string of the molecule is COCCNC(=O)CC1CCCO1. The minimum Gasteiger partial charge on any atom is -0.383 e. The van der Waals surface area contributed by atoms with Crippen LogP contribution in [0.3, 0.4) is 0 Å². The molecule has 0 bridgehead atoms. The van der Waals surface area contributed by atoms with Crippen molar-refractivity contribution in [3.8, 4) is 0 Å². The highest BCUT2D eigenvalue weighted by atomic mass is 16.5. The van der Waals surface area contributed by atoms with Gasteiger partial charge in [0.25, 0.3) is 0 Å². The lowest BCUT2D eigenvalue weighted by Gasteiger charge is -2.09. The molecule has 1 saturated heterocycles. The summed E-state index contributed by atoms with van der Waals surface area (Å²) in [5, 5.41) is 2.77. The van der Waals surface area contributed by atoms with E-state index in [-0.39, 0.29) is 12.0 Å². The van der Waals surface area contributed by atoms with E-state index in [0.717, 1.165) is 19.4 Å². The van der Waals surface area contributed by atoms with E-state index in [4.69, 9.17) is 9.47 Å². The first-order valence-electron chi connectivity index (χ1n) is 4.70. The van der Waals surface area contributed by atoms with E-state index in [1.807, 2.05) is 0 Å². The molecule has 0 saturated carbocycles. The summed E-state index contributed by atoms with van der Waals surface area (Å²) >= 11 is 0. The molecule has 0 aromatic carbocycles. The van der Waals surface area contributed by atoms with Gasteiger partial charge in [-0.2, -0.15) is 0 Å². The van der Waals surface area contributed by atoms with Gasteiger partial charge in [-0.05, 0) is 12.8 Å². The van der Waals surface area contributed by atoms with Gasteiger partial charge in [-0.15, -0.1) is 0 Å². The fourth-order valence-corrected chi connectivity index (χ4v) is 1.38. The van der Waals surface area contributed by atoms with Gasteiger partial charge in [0.15, 0.2) is 0 Å². The van der Waals surface area contributed by atoms with Crippen LogP contribution in [0.2, 0.25) is 0 Å². The molecule has 1 fully saturated rings. The molecule has 1 heterocycles. The van der Waals surface area contributed by atoms with Crippen LogP contribution in [0.25, 0.3) is 0 Å². The van der Waals surface area contributed by atoms with Gasteiger partial charge in [0.1, 0.15) is 0 Å². The Morgan fingerprint density at radius 1 is 1.69 bits per heavy atom. The van der Waals surface area contributed by atoms with Gasteiger partial charge in [0.05, 0.1) is 19.1 Å². The number of carbonyl (C=O) groups excluding carboxylic acids is 1. The van der Waals surface area contributed by atoms with Crippen LogP contribution in [0.15, 0.2) is 0 Å². The molecular formula is C9H17NO3. The monoisotopic (exact) mass is 187 g/mol. The summed E-state index contributed by atoms with van der Waals surface area (Å²) in [6.45, 7) is 1.95. The summed E-state index contributed by atoms with van der Waals surface area (Å²) in [6, 6.07) is 0. The van der Waals surface area contributed by atoms with Crippen molar-refractivity contribution < 1.29 is 14.3 Å². The molecule has 1 aliphatic rings. The van der Waals surface area contributed by atoms with E-state index in [1.165, 1.54) is 0 Å². The maximum atomic E-state index is 11.2. The normalized spacial score (nSPS) is 21.8. The number of carbonyl (C=O) groups is 1. The highest BCUT2D eigenvalue weighted by molar-refractivity contribution is 5.76. The average molecular weight is 187 g/mol. The van der Waals surface area contributed by atoms with Crippen molar-refractivity contribution in [1.82, 2.24) is 5.32 Å². The van der Waals surface area contributed by atoms with Crippen molar-refractivity contribution in [1.29, 1.82) is 0 Å². The van der Waals surface area contributed by atoms with Crippen molar-refractivity contribution in [2.24, 2.45) is 0 Å². The van der Waals surface area contributed by atoms with Crippen LogP contribution in [-0.4, -0.2) is 38.9 Å². The fraction of sp³-hybridized carbons (Fsp3) is 0.889. The quantitative estimate of drug-likeness (QED) is 0.630. The zero-order valence-corrected chi connectivity index (χ0v) is 8.04. The third kappa shape index (κ3) is 4.24. The number of nitrogens with one attached hydrogen (secondary N) is 1. The van der Waals surface area contributed by atoms with Crippen LogP contribution in [0.4, 0.5) is 0 Å². The molecule has 13 heavy (non-hydrogen) atoms. The second-order valence-corrected chi connectivity index (χ2v) is 3.18. The first-order chi connectivity index (χ1) is 6.33. The molecule has 0 aromatic rings. The Morgan fingerprint density at radius 3 is 3.15 bits per heavy atom. The second-order valence-electron chi connectivity index (χ2n) is 3.18. The summed E-state index contributed by atoms with van der Waals surface area (Å²) in [5.74, 6) is 0.0592. The fourth-order valence-electron chi connectivity index (χ4n) is 1.38. The lowest BCUT2D eigenvalue weighted by molar-refractivity contribution is -0.123. The zero-order valence-electron chi connectivity index (χ0n) is 8.04. The topological polar surface area (TPSA) is 47.6 Å². The molecule has 1 unspecified atom stereocenters. The maximum Gasteiger partial charge on any atom is 0.222 e. The molecule has 4 nitrogen and oxygen atoms in total. The van der Waals surface area contributed by atoms with Gasteiger partial charge in [-0.3, -0.25) is 4.79 Å². The molecule has 1 rings (SSSR count). The van der Waals surface area contributed by atoms with Gasteiger partial charge in [0.2, 0.25) is 5.91 Å². The summed E-state index contributed by atoms with van der Waals surface area (Å²) in [5.41, 5.74) is 0. The summed E-state index contributed by atoms with van der Waals surface area (Å²) in [6.07, 6.45) is 2.72. The number of hydrogen-bond acceptors (Lipinski definition) is 3. The Balaban J connectivity index is 2.02. The Morgan fingerprint density at radius 2 is 2.54 bits per heavy atom. The number of methoxy groups -OCH3 is 1. The minimum atomic E-state index is 0.0592. The summed E-state index contributed by atoms with van der Waals surface area (Å²) < 4.78 is 10.2. The highest BCUT2D eigenvalue weighted by Gasteiger charge is 2.18. The van der Waals surface area contributed by atoms with E-state index in [0.29, 0.717) is 19.6 Å². The van der Waals surface area contributed by atoms with Crippen LogP contribution in [-0.2, 0) is 14.3 Å². The zero-order chi connectivity index (χ0) is 9.52. The lowest BCUT2D eigenvalue weighted by Crippen LogP contribution is -2.29. The minimum absolute atomic E-state index is 0.0592. The van der Waals surface area contributed by atoms with Crippen LogP contribution in [0, 0.1) is 0 Å². The van der Waals surface area contributed by atoms with E-state index >= 15 is 0 Å². The Bertz CT molecular complexity index is 155. The smallest absolute Gasteiger partial charge is 0.222 e. The molecule has 76 valence electrons. The first kappa shape index (κ1) is 10.5. The number of ether oxygens (including phenoxy) is 2. The van der Waals surface area contributed by atoms with Crippen molar-refractivity contribution in [2.75, 3.05) is 26.9 Å². The van der Waals surface area contributed by atoms with Crippen LogP contribution in [0.1, 0.15) is 19.3 Å². The van der Waals surface area contributed by atoms with E-state index in [9.17, 15) is 4.79 Å². The first-order valence-corrected chi connectivity index (χ1v) is 4.70. The van der Waals surface area contributed by atoms with Gasteiger partial charge >= 0.3 is 0 Å². The molecule has 0 spiro atoms. The molecule has 1 amide bonds. The van der Waals surface area contributed by atoms with Gasteiger partial charge < -0.3 is 14.8 Å². The third-order valence-corrected chi connectivity index (χ3v) is 2.07. The molecule has 1 aliphatic heterocycles. The summed E-state index contributed by atoms with van der Waals surface area (Å²) in [7, 11) is 1.62. The molecule has 1 N–H and O–H groups in total. The molecule has 4 heteroatoms. The van der Waals surface area contributed by atoms with Crippen LogP contribution < -0.4 is 5.32 Å². The van der Waals surface area contributed by atoms with Crippen LogP contribution in [0.5, 0.6) is 0 Å². The number of rotatable bonds is 5. The predicted octanol–water partition coefficient (Wildman–Crippen LogP) is 0.318. The largest absolute Gasteiger partial charge is 0.383 e. The van der Waals surface area contributed by atoms with Gasteiger partial charge in [-0.1, -0.05) is 0 Å². The van der Waals surface area contributed by atoms with Crippen molar-refractivity contribution >= 4 is 5.91 Å². The van der Waals surface area contributed by atoms with E-state index < -0.39 is 0 Å². The van der Waals surface area contributed by atoms with E-state index in [1.54, 1.807) is 7.11 Å². The molecule has 0 radical (unpaired) electrons. The highest BCUT2D eigenvalue weighted by Crippen LogP contribution is 2.14. The molecule has 0 aliphatic carbocycles. The van der Waals surface area contributed by atoms with E-state index in [2.05, 4.69) is 5.32 Å². The van der Waals surface area contributed by atoms with Gasteiger partial charge in [0, 0.05) is 20.3 Å². The predicted molar refractivity (Wildman–Crippen MR) is 48.5 cm³/mol. The molecule has 1 atom stereocenters. The van der Waals surface area contributed by atoms with Crippen molar-refractivity contribution in [3.05, 3.63) is 0 Å². The standard InChI is InChI=1S/C9H17NO3/c1-12-6-4-10-9(11)7-8-3-2-5-13-8/h8H,2-7H2,1H3,(H,10,11). The van der Waals surface area contributed by atoms with Crippen LogP contribution >= 0.6 is 0 Å². The average Bonchev–Trinajstić information content (AvgIpc) is 2.57. The molecule has 0 aromatic heterocycles. The maximum absolute atomic E-state index is 11.2. The molecular weight excluding hydrogens is 170 g/mol. The Hall–Kier alpha value is -0.610. The Kier molecular flexibility index (Phi) is 4.78.